The van der Waals surface area contributed by atoms with Crippen LogP contribution in [0, 0.1) is 20.8 Å². The number of aryl methyl sites for hydroxylation is 3. The minimum Gasteiger partial charge on any atom is -0.355 e. The Morgan fingerprint density at radius 3 is 2.77 bits per heavy atom. The van der Waals surface area contributed by atoms with E-state index in [4.69, 9.17) is 0 Å². The van der Waals surface area contributed by atoms with Crippen molar-refractivity contribution in [1.29, 1.82) is 0 Å². The highest BCUT2D eigenvalue weighted by molar-refractivity contribution is 7.92. The van der Waals surface area contributed by atoms with Crippen molar-refractivity contribution in [2.45, 2.75) is 40.0 Å². The molecule has 0 fully saturated rings. The smallest absolute Gasteiger partial charge is 0.236 e. The molecule has 0 bridgehead atoms. The summed E-state index contributed by atoms with van der Waals surface area (Å²) in [5.41, 5.74) is 6.33. The second-order valence-corrected chi connectivity index (χ2v) is 9.95. The van der Waals surface area contributed by atoms with Gasteiger partial charge in [0.15, 0.2) is 5.65 Å². The largest absolute Gasteiger partial charge is 0.355 e. The van der Waals surface area contributed by atoms with Gasteiger partial charge in [-0.05, 0) is 50.8 Å². The number of amides is 1. The normalized spacial score (nSPS) is 13.6. The third kappa shape index (κ3) is 4.27. The van der Waals surface area contributed by atoms with Gasteiger partial charge in [0.25, 0.3) is 0 Å². The van der Waals surface area contributed by atoms with Gasteiger partial charge in [-0.1, -0.05) is 18.2 Å². The maximum absolute atomic E-state index is 12.7. The van der Waals surface area contributed by atoms with Crippen molar-refractivity contribution in [3.05, 3.63) is 58.5 Å². The average Bonchev–Trinajstić information content (AvgIpc) is 3.31. The van der Waals surface area contributed by atoms with Gasteiger partial charge in [-0.2, -0.15) is 5.10 Å². The first-order valence-corrected chi connectivity index (χ1v) is 12.0. The molecular formula is C22H27N5O3S. The third-order valence-electron chi connectivity index (χ3n) is 5.75. The van der Waals surface area contributed by atoms with Gasteiger partial charge in [-0.15, -0.1) is 0 Å². The molecule has 8 nitrogen and oxygen atoms in total. The summed E-state index contributed by atoms with van der Waals surface area (Å²) < 4.78 is 28.7. The number of anilines is 1. The van der Waals surface area contributed by atoms with E-state index in [1.54, 1.807) is 4.52 Å². The number of carbonyl (C=O) groups is 1. The first kappa shape index (κ1) is 21.3. The molecule has 2 aromatic heterocycles. The summed E-state index contributed by atoms with van der Waals surface area (Å²) in [7, 11) is -3.47. The Morgan fingerprint density at radius 1 is 1.19 bits per heavy atom. The Labute approximate surface area is 182 Å². The van der Waals surface area contributed by atoms with Crippen molar-refractivity contribution in [2.75, 3.05) is 23.1 Å². The van der Waals surface area contributed by atoms with Gasteiger partial charge in [0.05, 0.1) is 17.1 Å². The molecule has 0 aliphatic carbocycles. The van der Waals surface area contributed by atoms with E-state index in [1.807, 2.05) is 51.1 Å². The van der Waals surface area contributed by atoms with E-state index >= 15 is 0 Å². The van der Waals surface area contributed by atoms with Crippen LogP contribution in [0.4, 0.5) is 5.69 Å². The minimum absolute atomic E-state index is 0.0907. The van der Waals surface area contributed by atoms with Gasteiger partial charge in [-0.3, -0.25) is 9.10 Å². The van der Waals surface area contributed by atoms with Gasteiger partial charge in [0.1, 0.15) is 0 Å². The van der Waals surface area contributed by atoms with E-state index in [1.165, 1.54) is 4.31 Å². The maximum atomic E-state index is 12.7. The Balaban J connectivity index is 1.33. The summed E-state index contributed by atoms with van der Waals surface area (Å²) in [6.07, 6.45) is 1.51. The molecule has 0 saturated carbocycles. The first-order chi connectivity index (χ1) is 14.8. The van der Waals surface area contributed by atoms with E-state index in [0.29, 0.717) is 19.4 Å². The zero-order chi connectivity index (χ0) is 22.2. The number of rotatable bonds is 7. The van der Waals surface area contributed by atoms with Crippen molar-refractivity contribution < 1.29 is 13.2 Å². The van der Waals surface area contributed by atoms with Crippen LogP contribution in [-0.2, 0) is 27.7 Å². The van der Waals surface area contributed by atoms with Crippen LogP contribution in [0.5, 0.6) is 0 Å². The molecule has 0 atom stereocenters. The van der Waals surface area contributed by atoms with Crippen LogP contribution in [0.3, 0.4) is 0 Å². The summed E-state index contributed by atoms with van der Waals surface area (Å²) in [4.78, 5) is 16.9. The Morgan fingerprint density at radius 2 is 1.97 bits per heavy atom. The highest BCUT2D eigenvalue weighted by Gasteiger charge is 2.28. The van der Waals surface area contributed by atoms with Crippen LogP contribution in [0.25, 0.3) is 5.65 Å². The van der Waals surface area contributed by atoms with E-state index in [2.05, 4.69) is 15.4 Å². The quantitative estimate of drug-likeness (QED) is 0.606. The molecule has 1 aliphatic heterocycles. The van der Waals surface area contributed by atoms with Crippen LogP contribution < -0.4 is 9.62 Å². The van der Waals surface area contributed by atoms with Crippen molar-refractivity contribution in [2.24, 2.45) is 0 Å². The predicted octanol–water partition coefficient (Wildman–Crippen LogP) is 2.10. The van der Waals surface area contributed by atoms with Gasteiger partial charge in [-0.25, -0.2) is 17.9 Å². The van der Waals surface area contributed by atoms with Gasteiger partial charge < -0.3 is 5.32 Å². The van der Waals surface area contributed by atoms with E-state index in [-0.39, 0.29) is 24.6 Å². The summed E-state index contributed by atoms with van der Waals surface area (Å²) in [6.45, 7) is 6.38. The molecule has 9 heteroatoms. The fourth-order valence-electron chi connectivity index (χ4n) is 4.16. The lowest BCUT2D eigenvalue weighted by molar-refractivity contribution is -0.120. The zero-order valence-electron chi connectivity index (χ0n) is 18.1. The second-order valence-electron chi connectivity index (χ2n) is 7.93. The number of para-hydroxylation sites is 1. The molecule has 164 valence electrons. The number of fused-ring (bicyclic) bond motifs is 2. The minimum atomic E-state index is -3.47. The van der Waals surface area contributed by atoms with Crippen LogP contribution in [0.15, 0.2) is 30.3 Å². The Hall–Kier alpha value is -2.94. The lowest BCUT2D eigenvalue weighted by atomic mass is 10.1. The summed E-state index contributed by atoms with van der Waals surface area (Å²) >= 11 is 0. The molecule has 3 heterocycles. The lowest BCUT2D eigenvalue weighted by Crippen LogP contribution is -2.37. The Bertz CT molecular complexity index is 1250. The topological polar surface area (TPSA) is 96.7 Å². The highest BCUT2D eigenvalue weighted by atomic mass is 32.2. The van der Waals surface area contributed by atoms with Gasteiger partial charge in [0, 0.05) is 37.0 Å². The monoisotopic (exact) mass is 441 g/mol. The number of sulfonamides is 1. The summed E-state index contributed by atoms with van der Waals surface area (Å²) in [6, 6.07) is 9.47. The number of nitrogens with one attached hydrogen (secondary N) is 1. The van der Waals surface area contributed by atoms with Crippen molar-refractivity contribution in [3.8, 4) is 0 Å². The first-order valence-electron chi connectivity index (χ1n) is 10.4. The van der Waals surface area contributed by atoms with Crippen LogP contribution >= 0.6 is 0 Å². The fraction of sp³-hybridized carbons (Fsp3) is 0.409. The standard InChI is InChI=1S/C22H27N5O3S/c1-15-14-21-24-16(2)19(17(3)27(21)25-15)8-9-22(28)23-11-13-31(29,30)26-12-10-18-6-4-5-7-20(18)26/h4-7,14H,8-13H2,1-3H3,(H,23,28). The molecule has 1 aromatic carbocycles. The highest BCUT2D eigenvalue weighted by Crippen LogP contribution is 2.29. The molecule has 1 aliphatic rings. The molecule has 1 N–H and O–H groups in total. The van der Waals surface area contributed by atoms with Crippen molar-refractivity contribution in [1.82, 2.24) is 19.9 Å². The third-order valence-corrected chi connectivity index (χ3v) is 7.52. The lowest BCUT2D eigenvalue weighted by Gasteiger charge is -2.19. The molecule has 0 unspecified atom stereocenters. The Kier molecular flexibility index (Phi) is 5.70. The molecular weight excluding hydrogens is 414 g/mol. The molecule has 31 heavy (non-hydrogen) atoms. The van der Waals surface area contributed by atoms with Crippen LogP contribution in [0.2, 0.25) is 0 Å². The number of hydrogen-bond donors (Lipinski definition) is 1. The average molecular weight is 442 g/mol. The zero-order valence-corrected chi connectivity index (χ0v) is 18.9. The number of hydrogen-bond acceptors (Lipinski definition) is 5. The molecule has 0 spiro atoms. The number of benzene rings is 1. The summed E-state index contributed by atoms with van der Waals surface area (Å²) in [5, 5.41) is 7.20. The van der Waals surface area contributed by atoms with Crippen LogP contribution in [0.1, 0.15) is 34.6 Å². The predicted molar refractivity (Wildman–Crippen MR) is 120 cm³/mol. The number of aromatic nitrogens is 3. The van der Waals surface area contributed by atoms with Crippen LogP contribution in [-0.4, -0.2) is 47.8 Å². The molecule has 0 saturated heterocycles. The van der Waals surface area contributed by atoms with E-state index in [0.717, 1.165) is 39.5 Å². The summed E-state index contributed by atoms with van der Waals surface area (Å²) in [5.74, 6) is -0.293. The van der Waals surface area contributed by atoms with Crippen molar-refractivity contribution >= 4 is 27.3 Å². The second kappa shape index (κ2) is 8.30. The van der Waals surface area contributed by atoms with E-state index < -0.39 is 10.0 Å². The molecule has 3 aromatic rings. The number of carbonyl (C=O) groups excluding carboxylic acids is 1. The SMILES string of the molecule is Cc1cc2nc(C)c(CCC(=O)NCCS(=O)(=O)N3CCc4ccccc43)c(C)n2n1. The maximum Gasteiger partial charge on any atom is 0.236 e. The number of nitrogens with zero attached hydrogens (tertiary/aromatic N) is 4. The molecule has 4 rings (SSSR count). The van der Waals surface area contributed by atoms with Gasteiger partial charge in [0.2, 0.25) is 15.9 Å². The fourth-order valence-corrected chi connectivity index (χ4v) is 5.58. The van der Waals surface area contributed by atoms with Crippen molar-refractivity contribution in [3.63, 3.8) is 0 Å². The van der Waals surface area contributed by atoms with Gasteiger partial charge >= 0.3 is 0 Å². The van der Waals surface area contributed by atoms with E-state index in [9.17, 15) is 13.2 Å². The molecule has 1 amide bonds. The molecule has 0 radical (unpaired) electrons.